The van der Waals surface area contributed by atoms with E-state index in [1.54, 1.807) is 61.6 Å². The molecule has 1 N–H and O–H groups in total. The lowest BCUT2D eigenvalue weighted by Crippen LogP contribution is -2.23. The van der Waals surface area contributed by atoms with Crippen LogP contribution in [0.3, 0.4) is 0 Å². The van der Waals surface area contributed by atoms with Crippen molar-refractivity contribution in [1.82, 2.24) is 9.88 Å². The molecule has 0 aliphatic rings. The molecule has 0 fully saturated rings. The third kappa shape index (κ3) is 5.65. The van der Waals surface area contributed by atoms with Crippen molar-refractivity contribution in [3.05, 3.63) is 82.5 Å². The number of aromatic nitrogens is 1. The highest BCUT2D eigenvalue weighted by atomic mass is 79.9. The fourth-order valence-electron chi connectivity index (χ4n) is 2.52. The summed E-state index contributed by atoms with van der Waals surface area (Å²) in [5, 5.41) is 2.84. The zero-order valence-corrected chi connectivity index (χ0v) is 17.6. The van der Waals surface area contributed by atoms with Crippen molar-refractivity contribution < 1.29 is 14.3 Å². The van der Waals surface area contributed by atoms with Crippen LogP contribution in [0.25, 0.3) is 0 Å². The maximum absolute atomic E-state index is 12.7. The number of carbonyl (C=O) groups excluding carboxylic acids is 2. The molecule has 3 aromatic rings. The first kappa shape index (κ1) is 20.5. The van der Waals surface area contributed by atoms with Gasteiger partial charge < -0.3 is 15.0 Å². The van der Waals surface area contributed by atoms with Crippen LogP contribution in [-0.2, 0) is 11.2 Å². The number of nitrogens with zero attached hydrogens (tertiary/aromatic N) is 2. The van der Waals surface area contributed by atoms with E-state index in [0.29, 0.717) is 23.4 Å². The number of hydrogen-bond donors (Lipinski definition) is 1. The highest BCUT2D eigenvalue weighted by molar-refractivity contribution is 9.10. The SMILES string of the molecule is CN(C)C(=O)Cc1ccc(NC(=O)c2cccnc2Oc2cccc(Br)c2)cc1. The molecule has 0 spiro atoms. The summed E-state index contributed by atoms with van der Waals surface area (Å²) in [7, 11) is 3.44. The molecule has 148 valence electrons. The van der Waals surface area contributed by atoms with Crippen LogP contribution in [-0.4, -0.2) is 35.8 Å². The number of hydrogen-bond acceptors (Lipinski definition) is 4. The number of halogens is 1. The molecule has 0 radical (unpaired) electrons. The maximum atomic E-state index is 12.7. The Balaban J connectivity index is 1.72. The second-order valence-corrected chi connectivity index (χ2v) is 7.45. The molecule has 29 heavy (non-hydrogen) atoms. The summed E-state index contributed by atoms with van der Waals surface area (Å²) >= 11 is 3.39. The Kier molecular flexibility index (Phi) is 6.61. The van der Waals surface area contributed by atoms with Crippen molar-refractivity contribution in [3.8, 4) is 11.6 Å². The monoisotopic (exact) mass is 453 g/mol. The molecule has 6 nitrogen and oxygen atoms in total. The average Bonchev–Trinajstić information content (AvgIpc) is 2.70. The number of rotatable bonds is 6. The van der Waals surface area contributed by atoms with Gasteiger partial charge in [0.1, 0.15) is 11.3 Å². The van der Waals surface area contributed by atoms with Gasteiger partial charge >= 0.3 is 0 Å². The molecule has 1 aromatic heterocycles. The lowest BCUT2D eigenvalue weighted by Gasteiger charge is -2.12. The first-order valence-corrected chi connectivity index (χ1v) is 9.70. The molecule has 7 heteroatoms. The molecule has 2 amide bonds. The smallest absolute Gasteiger partial charge is 0.261 e. The van der Waals surface area contributed by atoms with E-state index in [2.05, 4.69) is 26.2 Å². The predicted octanol–water partition coefficient (Wildman–Crippen LogP) is 4.52. The van der Waals surface area contributed by atoms with Gasteiger partial charge in [0.2, 0.25) is 11.8 Å². The van der Waals surface area contributed by atoms with E-state index < -0.39 is 0 Å². The van der Waals surface area contributed by atoms with E-state index in [-0.39, 0.29) is 17.7 Å². The van der Waals surface area contributed by atoms with E-state index in [0.717, 1.165) is 10.0 Å². The number of likely N-dealkylation sites (N-methyl/N-ethyl adjacent to an activating group) is 1. The van der Waals surface area contributed by atoms with Gasteiger partial charge in [0.25, 0.3) is 5.91 Å². The lowest BCUT2D eigenvalue weighted by molar-refractivity contribution is -0.127. The highest BCUT2D eigenvalue weighted by Crippen LogP contribution is 2.26. The van der Waals surface area contributed by atoms with Gasteiger partial charge in [0.15, 0.2) is 0 Å². The van der Waals surface area contributed by atoms with Gasteiger partial charge in [-0.15, -0.1) is 0 Å². The Morgan fingerprint density at radius 1 is 1.07 bits per heavy atom. The minimum atomic E-state index is -0.333. The van der Waals surface area contributed by atoms with Crippen LogP contribution in [0.2, 0.25) is 0 Å². The summed E-state index contributed by atoms with van der Waals surface area (Å²) in [5.74, 6) is 0.477. The van der Waals surface area contributed by atoms with E-state index in [9.17, 15) is 9.59 Å². The quantitative estimate of drug-likeness (QED) is 0.595. The second kappa shape index (κ2) is 9.34. The van der Waals surface area contributed by atoms with Gasteiger partial charge in [0.05, 0.1) is 6.42 Å². The molecule has 1 heterocycles. The molecule has 0 unspecified atom stereocenters. The molecule has 0 atom stereocenters. The molecule has 0 aliphatic carbocycles. The minimum absolute atomic E-state index is 0.0199. The maximum Gasteiger partial charge on any atom is 0.261 e. The Labute approximate surface area is 177 Å². The first-order valence-electron chi connectivity index (χ1n) is 8.91. The number of benzene rings is 2. The molecule has 0 saturated carbocycles. The Hall–Kier alpha value is -3.19. The Bertz CT molecular complexity index is 1020. The number of anilines is 1. The van der Waals surface area contributed by atoms with Crippen molar-refractivity contribution in [2.45, 2.75) is 6.42 Å². The molecular formula is C22H20BrN3O3. The third-order valence-corrected chi connectivity index (χ3v) is 4.59. The number of carbonyl (C=O) groups is 2. The van der Waals surface area contributed by atoms with Gasteiger partial charge in [-0.25, -0.2) is 4.98 Å². The number of amides is 2. The zero-order valence-electron chi connectivity index (χ0n) is 16.1. The van der Waals surface area contributed by atoms with Crippen molar-refractivity contribution in [2.24, 2.45) is 0 Å². The van der Waals surface area contributed by atoms with Gasteiger partial charge in [-0.2, -0.15) is 0 Å². The number of ether oxygens (including phenoxy) is 1. The lowest BCUT2D eigenvalue weighted by atomic mass is 10.1. The Morgan fingerprint density at radius 3 is 2.52 bits per heavy atom. The second-order valence-electron chi connectivity index (χ2n) is 6.53. The van der Waals surface area contributed by atoms with Crippen molar-refractivity contribution in [1.29, 1.82) is 0 Å². The van der Waals surface area contributed by atoms with Crippen LogP contribution in [0.1, 0.15) is 15.9 Å². The van der Waals surface area contributed by atoms with E-state index in [4.69, 9.17) is 4.74 Å². The first-order chi connectivity index (χ1) is 13.9. The Morgan fingerprint density at radius 2 is 1.83 bits per heavy atom. The average molecular weight is 454 g/mol. The zero-order chi connectivity index (χ0) is 20.8. The van der Waals surface area contributed by atoms with Crippen LogP contribution in [0.15, 0.2) is 71.3 Å². The van der Waals surface area contributed by atoms with E-state index in [1.807, 2.05) is 24.3 Å². The molecule has 2 aromatic carbocycles. The van der Waals surface area contributed by atoms with Crippen LogP contribution >= 0.6 is 15.9 Å². The molecular weight excluding hydrogens is 434 g/mol. The van der Waals surface area contributed by atoms with Gasteiger partial charge in [-0.3, -0.25) is 9.59 Å². The predicted molar refractivity (Wildman–Crippen MR) is 115 cm³/mol. The topological polar surface area (TPSA) is 71.5 Å². The van der Waals surface area contributed by atoms with Crippen LogP contribution in [0.5, 0.6) is 11.6 Å². The van der Waals surface area contributed by atoms with E-state index >= 15 is 0 Å². The van der Waals surface area contributed by atoms with Gasteiger partial charge in [0, 0.05) is 30.5 Å². The third-order valence-electron chi connectivity index (χ3n) is 4.09. The van der Waals surface area contributed by atoms with Crippen LogP contribution < -0.4 is 10.1 Å². The molecule has 0 aliphatic heterocycles. The summed E-state index contributed by atoms with van der Waals surface area (Å²) in [6.45, 7) is 0. The number of pyridine rings is 1. The normalized spacial score (nSPS) is 10.3. The summed E-state index contributed by atoms with van der Waals surface area (Å²) < 4.78 is 6.66. The van der Waals surface area contributed by atoms with Gasteiger partial charge in [-0.05, 0) is 48.0 Å². The van der Waals surface area contributed by atoms with Gasteiger partial charge in [-0.1, -0.05) is 34.1 Å². The highest BCUT2D eigenvalue weighted by Gasteiger charge is 2.15. The van der Waals surface area contributed by atoms with E-state index in [1.165, 1.54) is 0 Å². The molecule has 3 rings (SSSR count). The summed E-state index contributed by atoms with van der Waals surface area (Å²) in [4.78, 5) is 30.3. The van der Waals surface area contributed by atoms with Crippen molar-refractivity contribution >= 4 is 33.4 Å². The summed E-state index contributed by atoms with van der Waals surface area (Å²) in [6, 6.07) is 17.8. The summed E-state index contributed by atoms with van der Waals surface area (Å²) in [5.41, 5.74) is 1.81. The molecule has 0 saturated heterocycles. The van der Waals surface area contributed by atoms with Crippen LogP contribution in [0, 0.1) is 0 Å². The summed E-state index contributed by atoms with van der Waals surface area (Å²) in [6.07, 6.45) is 1.88. The standard InChI is InChI=1S/C22H20BrN3O3/c1-26(2)20(27)13-15-8-10-17(11-9-15)25-21(28)19-7-4-12-24-22(19)29-18-6-3-5-16(23)14-18/h3-12,14H,13H2,1-2H3,(H,25,28). The number of nitrogens with one attached hydrogen (secondary N) is 1. The van der Waals surface area contributed by atoms with Crippen LogP contribution in [0.4, 0.5) is 5.69 Å². The fraction of sp³-hybridized carbons (Fsp3) is 0.136. The fourth-order valence-corrected chi connectivity index (χ4v) is 2.90. The van der Waals surface area contributed by atoms with Crippen molar-refractivity contribution in [3.63, 3.8) is 0 Å². The largest absolute Gasteiger partial charge is 0.438 e. The minimum Gasteiger partial charge on any atom is -0.438 e. The van der Waals surface area contributed by atoms with Crippen molar-refractivity contribution in [2.75, 3.05) is 19.4 Å². The molecule has 0 bridgehead atoms.